The molecule has 2 aromatic rings. The normalized spacial score (nSPS) is 9.62. The molecule has 0 saturated heterocycles. The summed E-state index contributed by atoms with van der Waals surface area (Å²) in [5, 5.41) is 11.5. The van der Waals surface area contributed by atoms with Crippen LogP contribution in [0.2, 0.25) is 0 Å². The molecule has 106 valence electrons. The lowest BCUT2D eigenvalue weighted by Gasteiger charge is -2.05. The molecule has 1 heterocycles. The minimum Gasteiger partial charge on any atom is -0.384 e. The second-order valence-electron chi connectivity index (χ2n) is 4.49. The largest absolute Gasteiger partial charge is 0.384 e. The molecule has 0 radical (unpaired) electrons. The fraction of sp³-hybridized carbons (Fsp3) is 0.176. The summed E-state index contributed by atoms with van der Waals surface area (Å²) < 4.78 is 0. The molecule has 0 fully saturated rings. The van der Waals surface area contributed by atoms with Gasteiger partial charge in [0.05, 0.1) is 12.2 Å². The van der Waals surface area contributed by atoms with Crippen LogP contribution in [0.5, 0.6) is 0 Å². The van der Waals surface area contributed by atoms with Gasteiger partial charge in [0.1, 0.15) is 6.61 Å². The zero-order valence-electron chi connectivity index (χ0n) is 11.8. The Kier molecular flexibility index (Phi) is 5.08. The van der Waals surface area contributed by atoms with Gasteiger partial charge in [-0.15, -0.1) is 0 Å². The van der Waals surface area contributed by atoms with Gasteiger partial charge in [-0.3, -0.25) is 9.78 Å². The standard InChI is InChI=1S/C17H16N2O2/c1-13-4-2-6-16(19-13)12-18-17(21)15-9-7-14(8-10-15)5-3-11-20/h2,4,6-10,20H,11-12H2,1H3,(H,18,21). The summed E-state index contributed by atoms with van der Waals surface area (Å²) in [7, 11) is 0. The number of carbonyl (C=O) groups is 1. The Morgan fingerprint density at radius 1 is 1.24 bits per heavy atom. The molecular formula is C17H16N2O2. The molecule has 0 aliphatic rings. The smallest absolute Gasteiger partial charge is 0.251 e. The molecule has 1 aromatic carbocycles. The summed E-state index contributed by atoms with van der Waals surface area (Å²) in [6.07, 6.45) is 0. The van der Waals surface area contributed by atoms with Crippen molar-refractivity contribution in [3.8, 4) is 11.8 Å². The van der Waals surface area contributed by atoms with E-state index in [9.17, 15) is 4.79 Å². The number of aliphatic hydroxyl groups excluding tert-OH is 1. The Hall–Kier alpha value is -2.64. The molecule has 2 N–H and O–H groups in total. The van der Waals surface area contributed by atoms with Gasteiger partial charge in [0.15, 0.2) is 0 Å². The number of aryl methyl sites for hydroxylation is 1. The van der Waals surface area contributed by atoms with Crippen LogP contribution >= 0.6 is 0 Å². The highest BCUT2D eigenvalue weighted by Crippen LogP contribution is 2.04. The van der Waals surface area contributed by atoms with Gasteiger partial charge in [0, 0.05) is 16.8 Å². The molecule has 0 aliphatic carbocycles. The molecule has 0 bridgehead atoms. The fourth-order valence-electron chi connectivity index (χ4n) is 1.82. The molecule has 4 nitrogen and oxygen atoms in total. The number of benzene rings is 1. The maximum atomic E-state index is 12.0. The van der Waals surface area contributed by atoms with Crippen molar-refractivity contribution in [2.45, 2.75) is 13.5 Å². The van der Waals surface area contributed by atoms with Crippen LogP contribution in [0.15, 0.2) is 42.5 Å². The number of nitrogens with one attached hydrogen (secondary N) is 1. The van der Waals surface area contributed by atoms with E-state index >= 15 is 0 Å². The zero-order chi connectivity index (χ0) is 15.1. The summed E-state index contributed by atoms with van der Waals surface area (Å²) in [5.41, 5.74) is 3.08. The summed E-state index contributed by atoms with van der Waals surface area (Å²) in [6, 6.07) is 12.6. The van der Waals surface area contributed by atoms with E-state index < -0.39 is 0 Å². The Morgan fingerprint density at radius 3 is 2.67 bits per heavy atom. The first kappa shape index (κ1) is 14.8. The van der Waals surface area contributed by atoms with Gasteiger partial charge in [0.2, 0.25) is 0 Å². The summed E-state index contributed by atoms with van der Waals surface area (Å²) in [6.45, 7) is 2.13. The van der Waals surface area contributed by atoms with Crippen LogP contribution in [-0.4, -0.2) is 22.6 Å². The maximum Gasteiger partial charge on any atom is 0.251 e. The monoisotopic (exact) mass is 280 g/mol. The molecule has 2 rings (SSSR count). The van der Waals surface area contributed by atoms with E-state index in [4.69, 9.17) is 5.11 Å². The number of rotatable bonds is 3. The van der Waals surface area contributed by atoms with Crippen LogP contribution in [0.25, 0.3) is 0 Å². The lowest BCUT2D eigenvalue weighted by atomic mass is 10.1. The van der Waals surface area contributed by atoms with E-state index in [1.807, 2.05) is 25.1 Å². The van der Waals surface area contributed by atoms with Crippen LogP contribution in [0, 0.1) is 18.8 Å². The number of aliphatic hydroxyl groups is 1. The van der Waals surface area contributed by atoms with Crippen LogP contribution in [0.4, 0.5) is 0 Å². The van der Waals surface area contributed by atoms with Gasteiger partial charge in [-0.05, 0) is 43.3 Å². The average molecular weight is 280 g/mol. The van der Waals surface area contributed by atoms with Crippen molar-refractivity contribution in [1.82, 2.24) is 10.3 Å². The van der Waals surface area contributed by atoms with Gasteiger partial charge >= 0.3 is 0 Å². The van der Waals surface area contributed by atoms with E-state index in [1.54, 1.807) is 24.3 Å². The van der Waals surface area contributed by atoms with Crippen molar-refractivity contribution in [3.05, 3.63) is 65.0 Å². The lowest BCUT2D eigenvalue weighted by Crippen LogP contribution is -2.23. The van der Waals surface area contributed by atoms with E-state index in [0.717, 1.165) is 17.0 Å². The van der Waals surface area contributed by atoms with Gasteiger partial charge in [-0.2, -0.15) is 0 Å². The van der Waals surface area contributed by atoms with Crippen LogP contribution in [0.3, 0.4) is 0 Å². The van der Waals surface area contributed by atoms with Gasteiger partial charge in [-0.25, -0.2) is 0 Å². The van der Waals surface area contributed by atoms with Gasteiger partial charge in [-0.1, -0.05) is 17.9 Å². The predicted octanol–water partition coefficient (Wildman–Crippen LogP) is 1.66. The second-order valence-corrected chi connectivity index (χ2v) is 4.49. The number of carbonyl (C=O) groups excluding carboxylic acids is 1. The van der Waals surface area contributed by atoms with Crippen molar-refractivity contribution >= 4 is 5.91 Å². The molecule has 0 aliphatic heterocycles. The van der Waals surface area contributed by atoms with Crippen molar-refractivity contribution in [2.75, 3.05) is 6.61 Å². The van der Waals surface area contributed by atoms with Crippen LogP contribution in [0.1, 0.15) is 27.3 Å². The lowest BCUT2D eigenvalue weighted by molar-refractivity contribution is 0.0950. The maximum absolute atomic E-state index is 12.0. The molecule has 1 amide bonds. The van der Waals surface area contributed by atoms with Crippen molar-refractivity contribution in [3.63, 3.8) is 0 Å². The predicted molar refractivity (Wildman–Crippen MR) is 80.6 cm³/mol. The van der Waals surface area contributed by atoms with Gasteiger partial charge < -0.3 is 10.4 Å². The van der Waals surface area contributed by atoms with E-state index in [0.29, 0.717) is 12.1 Å². The van der Waals surface area contributed by atoms with Crippen LogP contribution in [-0.2, 0) is 6.54 Å². The summed E-state index contributed by atoms with van der Waals surface area (Å²) in [4.78, 5) is 16.3. The summed E-state index contributed by atoms with van der Waals surface area (Å²) >= 11 is 0. The molecule has 0 saturated carbocycles. The Balaban J connectivity index is 1.97. The Bertz CT molecular complexity index is 682. The number of hydrogen-bond acceptors (Lipinski definition) is 3. The minimum absolute atomic E-state index is 0.153. The van der Waals surface area contributed by atoms with Crippen molar-refractivity contribution < 1.29 is 9.90 Å². The minimum atomic E-state index is -0.175. The SMILES string of the molecule is Cc1cccc(CNC(=O)c2ccc(C#CCO)cc2)n1. The highest BCUT2D eigenvalue weighted by atomic mass is 16.2. The topological polar surface area (TPSA) is 62.2 Å². The molecular weight excluding hydrogens is 264 g/mol. The molecule has 0 atom stereocenters. The third kappa shape index (κ3) is 4.44. The van der Waals surface area contributed by atoms with Crippen LogP contribution < -0.4 is 5.32 Å². The number of amides is 1. The molecule has 1 aromatic heterocycles. The van der Waals surface area contributed by atoms with E-state index in [-0.39, 0.29) is 12.5 Å². The average Bonchev–Trinajstić information content (AvgIpc) is 2.51. The van der Waals surface area contributed by atoms with E-state index in [2.05, 4.69) is 22.1 Å². The highest BCUT2D eigenvalue weighted by molar-refractivity contribution is 5.94. The highest BCUT2D eigenvalue weighted by Gasteiger charge is 2.05. The third-order valence-electron chi connectivity index (χ3n) is 2.83. The van der Waals surface area contributed by atoms with Crippen molar-refractivity contribution in [2.24, 2.45) is 0 Å². The quantitative estimate of drug-likeness (QED) is 0.841. The van der Waals surface area contributed by atoms with Gasteiger partial charge in [0.25, 0.3) is 5.91 Å². The number of pyridine rings is 1. The van der Waals surface area contributed by atoms with E-state index in [1.165, 1.54) is 0 Å². The Morgan fingerprint density at radius 2 is 2.00 bits per heavy atom. The number of nitrogens with zero attached hydrogens (tertiary/aromatic N) is 1. The molecule has 0 unspecified atom stereocenters. The fourth-order valence-corrected chi connectivity index (χ4v) is 1.82. The zero-order valence-corrected chi connectivity index (χ0v) is 11.8. The Labute approximate surface area is 123 Å². The molecule has 0 spiro atoms. The number of aromatic nitrogens is 1. The third-order valence-corrected chi connectivity index (χ3v) is 2.83. The first-order chi connectivity index (χ1) is 10.2. The molecule has 4 heteroatoms. The second kappa shape index (κ2) is 7.22. The molecule has 21 heavy (non-hydrogen) atoms. The summed E-state index contributed by atoms with van der Waals surface area (Å²) in [5.74, 6) is 5.19. The van der Waals surface area contributed by atoms with Crippen molar-refractivity contribution in [1.29, 1.82) is 0 Å². The first-order valence-electron chi connectivity index (χ1n) is 6.59. The first-order valence-corrected chi connectivity index (χ1v) is 6.59. The number of hydrogen-bond donors (Lipinski definition) is 2.